The molecule has 0 saturated heterocycles. The second kappa shape index (κ2) is 6.55. The van der Waals surface area contributed by atoms with Crippen LogP contribution in [0.3, 0.4) is 0 Å². The molecule has 0 aromatic heterocycles. The molecule has 0 aliphatic rings. The first-order chi connectivity index (χ1) is 9.15. The molecule has 2 N–H and O–H groups in total. The van der Waals surface area contributed by atoms with Crippen LogP contribution in [0.1, 0.15) is 18.5 Å². The van der Waals surface area contributed by atoms with Crippen molar-refractivity contribution in [1.82, 2.24) is 5.32 Å². The number of thiocarbonyl (C=S) groups is 1. The van der Waals surface area contributed by atoms with Crippen LogP contribution >= 0.6 is 23.8 Å². The summed E-state index contributed by atoms with van der Waals surface area (Å²) in [6, 6.07) is 17.8. The van der Waals surface area contributed by atoms with Gasteiger partial charge < -0.3 is 10.6 Å². The van der Waals surface area contributed by atoms with Crippen molar-refractivity contribution < 1.29 is 0 Å². The SMILES string of the molecule is CC(NC(=S)Nc1cccc(Cl)c1)c1ccccc1. The first-order valence-electron chi connectivity index (χ1n) is 6.03. The van der Waals surface area contributed by atoms with E-state index in [2.05, 4.69) is 29.7 Å². The van der Waals surface area contributed by atoms with Crippen molar-refractivity contribution in [1.29, 1.82) is 0 Å². The van der Waals surface area contributed by atoms with E-state index in [4.69, 9.17) is 23.8 Å². The van der Waals surface area contributed by atoms with Crippen molar-refractivity contribution in [3.8, 4) is 0 Å². The maximum atomic E-state index is 5.93. The van der Waals surface area contributed by atoms with Crippen molar-refractivity contribution in [3.63, 3.8) is 0 Å². The van der Waals surface area contributed by atoms with E-state index in [1.54, 1.807) is 0 Å². The lowest BCUT2D eigenvalue weighted by atomic mass is 10.1. The van der Waals surface area contributed by atoms with E-state index in [-0.39, 0.29) is 6.04 Å². The molecule has 2 aromatic carbocycles. The third-order valence-corrected chi connectivity index (χ3v) is 3.18. The molecule has 98 valence electrons. The number of nitrogens with one attached hydrogen (secondary N) is 2. The fourth-order valence-corrected chi connectivity index (χ4v) is 2.24. The van der Waals surface area contributed by atoms with Crippen LogP contribution in [0.4, 0.5) is 5.69 Å². The molecule has 4 heteroatoms. The molecule has 0 aliphatic carbocycles. The van der Waals surface area contributed by atoms with E-state index >= 15 is 0 Å². The van der Waals surface area contributed by atoms with Gasteiger partial charge in [-0.15, -0.1) is 0 Å². The summed E-state index contributed by atoms with van der Waals surface area (Å²) in [5.74, 6) is 0. The normalized spacial score (nSPS) is 11.7. The standard InChI is InChI=1S/C15H15ClN2S/c1-11(12-6-3-2-4-7-12)17-15(19)18-14-9-5-8-13(16)10-14/h2-11H,1H3,(H2,17,18,19). The third-order valence-electron chi connectivity index (χ3n) is 2.73. The molecule has 0 radical (unpaired) electrons. The van der Waals surface area contributed by atoms with Crippen LogP contribution in [0.5, 0.6) is 0 Å². The second-order valence-electron chi connectivity index (χ2n) is 4.24. The molecule has 0 amide bonds. The molecule has 0 saturated carbocycles. The van der Waals surface area contributed by atoms with Crippen LogP contribution in [-0.4, -0.2) is 5.11 Å². The number of hydrogen-bond acceptors (Lipinski definition) is 1. The van der Waals surface area contributed by atoms with Gasteiger partial charge in [-0.1, -0.05) is 48.0 Å². The molecule has 1 unspecified atom stereocenters. The number of hydrogen-bond donors (Lipinski definition) is 2. The topological polar surface area (TPSA) is 24.1 Å². The summed E-state index contributed by atoms with van der Waals surface area (Å²) < 4.78 is 0. The highest BCUT2D eigenvalue weighted by Crippen LogP contribution is 2.16. The highest BCUT2D eigenvalue weighted by molar-refractivity contribution is 7.80. The molecule has 0 heterocycles. The third kappa shape index (κ3) is 4.23. The summed E-state index contributed by atoms with van der Waals surface area (Å²) >= 11 is 11.2. The molecule has 0 bridgehead atoms. The Hall–Kier alpha value is -1.58. The fraction of sp³-hybridized carbons (Fsp3) is 0.133. The largest absolute Gasteiger partial charge is 0.356 e. The van der Waals surface area contributed by atoms with Crippen molar-refractivity contribution in [2.75, 3.05) is 5.32 Å². The molecule has 0 spiro atoms. The van der Waals surface area contributed by atoms with Crippen LogP contribution in [0, 0.1) is 0 Å². The molecule has 1 atom stereocenters. The van der Waals surface area contributed by atoms with Gasteiger partial charge in [-0.25, -0.2) is 0 Å². The fourth-order valence-electron chi connectivity index (χ4n) is 1.76. The quantitative estimate of drug-likeness (QED) is 0.820. The molecule has 0 fully saturated rings. The molecule has 2 nitrogen and oxygen atoms in total. The maximum Gasteiger partial charge on any atom is 0.171 e. The van der Waals surface area contributed by atoms with Crippen molar-refractivity contribution in [3.05, 3.63) is 65.2 Å². The average molecular weight is 291 g/mol. The number of anilines is 1. The Morgan fingerprint density at radius 1 is 1.11 bits per heavy atom. The van der Waals surface area contributed by atoms with Gasteiger partial charge in [0.15, 0.2) is 5.11 Å². The van der Waals surface area contributed by atoms with E-state index in [0.717, 1.165) is 5.69 Å². The van der Waals surface area contributed by atoms with Crippen LogP contribution < -0.4 is 10.6 Å². The van der Waals surface area contributed by atoms with Crippen LogP contribution in [-0.2, 0) is 0 Å². The minimum absolute atomic E-state index is 0.153. The number of rotatable bonds is 3. The number of halogens is 1. The molecular formula is C15H15ClN2S. The van der Waals surface area contributed by atoms with Crippen LogP contribution in [0.15, 0.2) is 54.6 Å². The van der Waals surface area contributed by atoms with Crippen molar-refractivity contribution >= 4 is 34.6 Å². The summed E-state index contributed by atoms with van der Waals surface area (Å²) in [6.45, 7) is 2.07. The Kier molecular flexibility index (Phi) is 4.77. The summed E-state index contributed by atoms with van der Waals surface area (Å²) in [5, 5.41) is 7.63. The minimum Gasteiger partial charge on any atom is -0.356 e. The highest BCUT2D eigenvalue weighted by atomic mass is 35.5. The van der Waals surface area contributed by atoms with E-state index < -0.39 is 0 Å². The second-order valence-corrected chi connectivity index (χ2v) is 5.09. The van der Waals surface area contributed by atoms with Gasteiger partial charge in [0, 0.05) is 10.7 Å². The van der Waals surface area contributed by atoms with Crippen LogP contribution in [0.25, 0.3) is 0 Å². The molecule has 2 aromatic rings. The zero-order valence-electron chi connectivity index (χ0n) is 10.6. The molecular weight excluding hydrogens is 276 g/mol. The molecule has 2 rings (SSSR count). The Bertz CT molecular complexity index is 557. The van der Waals surface area contributed by atoms with Gasteiger partial charge in [-0.2, -0.15) is 0 Å². The molecule has 19 heavy (non-hydrogen) atoms. The zero-order valence-corrected chi connectivity index (χ0v) is 12.1. The van der Waals surface area contributed by atoms with E-state index in [0.29, 0.717) is 10.1 Å². The van der Waals surface area contributed by atoms with Gasteiger partial charge in [-0.05, 0) is 42.9 Å². The summed E-state index contributed by atoms with van der Waals surface area (Å²) in [5.41, 5.74) is 2.07. The van der Waals surface area contributed by atoms with Gasteiger partial charge in [0.05, 0.1) is 6.04 Å². The predicted octanol–water partition coefficient (Wildman–Crippen LogP) is 4.39. The molecule has 0 aliphatic heterocycles. The Labute approximate surface area is 123 Å². The number of benzene rings is 2. The lowest BCUT2D eigenvalue weighted by Gasteiger charge is -2.17. The lowest BCUT2D eigenvalue weighted by Crippen LogP contribution is -2.30. The van der Waals surface area contributed by atoms with E-state index in [1.807, 2.05) is 42.5 Å². The van der Waals surface area contributed by atoms with Gasteiger partial charge >= 0.3 is 0 Å². The highest BCUT2D eigenvalue weighted by Gasteiger charge is 2.06. The predicted molar refractivity (Wildman–Crippen MR) is 85.7 cm³/mol. The van der Waals surface area contributed by atoms with Crippen molar-refractivity contribution in [2.45, 2.75) is 13.0 Å². The minimum atomic E-state index is 0.153. The Balaban J connectivity index is 1.95. The van der Waals surface area contributed by atoms with E-state index in [1.165, 1.54) is 5.56 Å². The van der Waals surface area contributed by atoms with Crippen molar-refractivity contribution in [2.24, 2.45) is 0 Å². The Morgan fingerprint density at radius 3 is 2.53 bits per heavy atom. The van der Waals surface area contributed by atoms with Gasteiger partial charge in [0.2, 0.25) is 0 Å². The van der Waals surface area contributed by atoms with E-state index in [9.17, 15) is 0 Å². The maximum absolute atomic E-state index is 5.93. The summed E-state index contributed by atoms with van der Waals surface area (Å²) in [4.78, 5) is 0. The average Bonchev–Trinajstić information content (AvgIpc) is 2.39. The first kappa shape index (κ1) is 13.8. The Morgan fingerprint density at radius 2 is 1.84 bits per heavy atom. The van der Waals surface area contributed by atoms with Gasteiger partial charge in [-0.3, -0.25) is 0 Å². The van der Waals surface area contributed by atoms with Gasteiger partial charge in [0.1, 0.15) is 0 Å². The smallest absolute Gasteiger partial charge is 0.171 e. The zero-order chi connectivity index (χ0) is 13.7. The summed E-state index contributed by atoms with van der Waals surface area (Å²) in [7, 11) is 0. The monoisotopic (exact) mass is 290 g/mol. The summed E-state index contributed by atoms with van der Waals surface area (Å²) in [6.07, 6.45) is 0. The van der Waals surface area contributed by atoms with Gasteiger partial charge in [0.25, 0.3) is 0 Å². The first-order valence-corrected chi connectivity index (χ1v) is 6.82. The van der Waals surface area contributed by atoms with Crippen LogP contribution in [0.2, 0.25) is 5.02 Å². The lowest BCUT2D eigenvalue weighted by molar-refractivity contribution is 0.722.